The van der Waals surface area contributed by atoms with E-state index in [2.05, 4.69) is 16.8 Å². The third kappa shape index (κ3) is 5.62. The first-order chi connectivity index (χ1) is 16.7. The number of carbonyl (C=O) groups excluding carboxylic acids is 2. The number of fused-ring (bicyclic) bond motifs is 1. The van der Waals surface area contributed by atoms with Crippen molar-refractivity contribution >= 4 is 11.8 Å². The summed E-state index contributed by atoms with van der Waals surface area (Å²) in [6, 6.07) is 1.27. The third-order valence-electron chi connectivity index (χ3n) is 7.68. The van der Waals surface area contributed by atoms with Gasteiger partial charge in [-0.25, -0.2) is 4.98 Å². The van der Waals surface area contributed by atoms with E-state index in [-0.39, 0.29) is 53.8 Å². The Balaban J connectivity index is 1.63. The quantitative estimate of drug-likeness (QED) is 0.623. The van der Waals surface area contributed by atoms with E-state index >= 15 is 0 Å². The van der Waals surface area contributed by atoms with Crippen molar-refractivity contribution in [2.24, 2.45) is 11.8 Å². The molecule has 2 aliphatic carbocycles. The number of hydrogen-bond acceptors (Lipinski definition) is 6. The van der Waals surface area contributed by atoms with Crippen LogP contribution >= 0.6 is 0 Å². The Kier molecular flexibility index (Phi) is 7.67. The fourth-order valence-corrected chi connectivity index (χ4v) is 4.99. The highest BCUT2D eigenvalue weighted by Gasteiger charge is 2.36. The highest BCUT2D eigenvalue weighted by molar-refractivity contribution is 5.97. The van der Waals surface area contributed by atoms with Gasteiger partial charge in [0, 0.05) is 37.2 Å². The lowest BCUT2D eigenvalue weighted by Crippen LogP contribution is -2.51. The van der Waals surface area contributed by atoms with Gasteiger partial charge in [-0.05, 0) is 51.5 Å². The Morgan fingerprint density at radius 3 is 2.69 bits per heavy atom. The zero-order chi connectivity index (χ0) is 25.2. The molecule has 0 bridgehead atoms. The van der Waals surface area contributed by atoms with Crippen LogP contribution in [0.15, 0.2) is 12.3 Å². The van der Waals surface area contributed by atoms with Crippen molar-refractivity contribution in [2.45, 2.75) is 76.5 Å². The van der Waals surface area contributed by atoms with E-state index in [4.69, 9.17) is 4.74 Å². The largest absolute Gasteiger partial charge is 0.472 e. The maximum absolute atomic E-state index is 13.5. The second-order valence-corrected chi connectivity index (χ2v) is 10.5. The Morgan fingerprint density at radius 1 is 1.34 bits per heavy atom. The van der Waals surface area contributed by atoms with Crippen LogP contribution in [-0.4, -0.2) is 81.3 Å². The highest BCUT2D eigenvalue weighted by Crippen LogP contribution is 2.31. The van der Waals surface area contributed by atoms with Gasteiger partial charge < -0.3 is 24.7 Å². The number of amides is 2. The molecule has 2 N–H and O–H groups in total. The molecule has 190 valence electrons. The summed E-state index contributed by atoms with van der Waals surface area (Å²) in [6.07, 6.45) is 7.35. The molecule has 35 heavy (non-hydrogen) atoms. The van der Waals surface area contributed by atoms with Gasteiger partial charge in [-0.2, -0.15) is 0 Å². The molecular weight excluding hydrogens is 446 g/mol. The van der Waals surface area contributed by atoms with Crippen LogP contribution in [0.2, 0.25) is 0 Å². The molecule has 3 aliphatic rings. The maximum atomic E-state index is 13.5. The van der Waals surface area contributed by atoms with Crippen molar-refractivity contribution in [3.63, 3.8) is 0 Å². The van der Waals surface area contributed by atoms with Crippen LogP contribution in [0.4, 0.5) is 0 Å². The van der Waals surface area contributed by atoms with E-state index in [0.717, 1.165) is 32.1 Å². The lowest BCUT2D eigenvalue weighted by molar-refractivity contribution is -0.138. The van der Waals surface area contributed by atoms with Gasteiger partial charge in [-0.3, -0.25) is 9.59 Å². The minimum Gasteiger partial charge on any atom is -0.472 e. The predicted octanol–water partition coefficient (Wildman–Crippen LogP) is 2.22. The van der Waals surface area contributed by atoms with Crippen LogP contribution in [0.5, 0.6) is 5.88 Å². The van der Waals surface area contributed by atoms with Crippen LogP contribution in [0.3, 0.4) is 0 Å². The summed E-state index contributed by atoms with van der Waals surface area (Å²) in [5, 5.41) is 20.4. The molecule has 8 nitrogen and oxygen atoms in total. The van der Waals surface area contributed by atoms with Crippen molar-refractivity contribution in [3.05, 3.63) is 23.4 Å². The molecule has 0 saturated heterocycles. The van der Waals surface area contributed by atoms with Gasteiger partial charge in [0.15, 0.2) is 0 Å². The molecule has 8 heteroatoms. The number of hydrogen-bond donors (Lipinski definition) is 2. The van der Waals surface area contributed by atoms with Crippen LogP contribution < -0.4 is 4.74 Å². The summed E-state index contributed by atoms with van der Waals surface area (Å²) in [7, 11) is 1.80. The average Bonchev–Trinajstić information content (AvgIpc) is 3.25. The van der Waals surface area contributed by atoms with Gasteiger partial charge in [0.05, 0.1) is 19.2 Å². The number of aliphatic hydroxyl groups is 2. The Morgan fingerprint density at radius 2 is 2.06 bits per heavy atom. The van der Waals surface area contributed by atoms with Gasteiger partial charge in [0.25, 0.3) is 5.91 Å². The molecule has 0 aromatic carbocycles. The fourth-order valence-electron chi connectivity index (χ4n) is 4.99. The number of ether oxygens (including phenoxy) is 1. The van der Waals surface area contributed by atoms with E-state index < -0.39 is 5.60 Å². The van der Waals surface area contributed by atoms with E-state index in [1.807, 2.05) is 6.92 Å². The van der Waals surface area contributed by atoms with E-state index in [1.165, 1.54) is 0 Å². The minimum absolute atomic E-state index is 0.0874. The Hall–Kier alpha value is -2.63. The molecular formula is C27H37N3O5. The molecule has 1 aromatic heterocycles. The molecule has 1 aromatic rings. The first kappa shape index (κ1) is 25.5. The lowest BCUT2D eigenvalue weighted by atomic mass is 9.84. The zero-order valence-corrected chi connectivity index (χ0v) is 21.0. The van der Waals surface area contributed by atoms with Gasteiger partial charge >= 0.3 is 0 Å². The predicted molar refractivity (Wildman–Crippen MR) is 131 cm³/mol. The normalized spacial score (nSPS) is 24.7. The maximum Gasteiger partial charge on any atom is 0.259 e. The van der Waals surface area contributed by atoms with Gasteiger partial charge in [-0.15, -0.1) is 0 Å². The Bertz CT molecular complexity index is 1010. The van der Waals surface area contributed by atoms with E-state index in [1.54, 1.807) is 36.0 Å². The standard InChI is InChI=1S/C27H37N3O5/c1-18-15-30(19(2)17-31)26(33)22-13-20(9-12-27(34)10-4-5-11-27)14-28-24(22)35-23(18)16-29(3)25(32)21-7-6-8-21/h13-14,18-19,21,23,31,34H,4-8,10-11,15-17H2,1-3H3/t18-,19-,23+/m1/s1. The third-order valence-corrected chi connectivity index (χ3v) is 7.68. The molecule has 1 aliphatic heterocycles. The van der Waals surface area contributed by atoms with Crippen molar-refractivity contribution < 1.29 is 24.5 Å². The summed E-state index contributed by atoms with van der Waals surface area (Å²) in [5.41, 5.74) is -0.180. The molecule has 0 unspecified atom stereocenters. The topological polar surface area (TPSA) is 103 Å². The molecule has 3 atom stereocenters. The molecule has 0 radical (unpaired) electrons. The van der Waals surface area contributed by atoms with Crippen LogP contribution in [-0.2, 0) is 4.79 Å². The average molecular weight is 484 g/mol. The first-order valence-electron chi connectivity index (χ1n) is 12.8. The van der Waals surface area contributed by atoms with Crippen LogP contribution in [0, 0.1) is 23.7 Å². The first-order valence-corrected chi connectivity index (χ1v) is 12.8. The molecule has 4 rings (SSSR count). The molecule has 2 fully saturated rings. The summed E-state index contributed by atoms with van der Waals surface area (Å²) in [4.78, 5) is 34.1. The summed E-state index contributed by atoms with van der Waals surface area (Å²) < 4.78 is 6.27. The number of aliphatic hydroxyl groups excluding tert-OH is 1. The number of pyridine rings is 1. The highest BCUT2D eigenvalue weighted by atomic mass is 16.5. The SMILES string of the molecule is C[C@@H]1CN([C@H](C)CO)C(=O)c2cc(C#CC3(O)CCCC3)cnc2O[C@H]1CN(C)C(=O)C1CCC1. The van der Waals surface area contributed by atoms with E-state index in [9.17, 15) is 19.8 Å². The smallest absolute Gasteiger partial charge is 0.259 e. The Labute approximate surface area is 207 Å². The number of nitrogens with zero attached hydrogens (tertiary/aromatic N) is 3. The number of rotatable bonds is 5. The van der Waals surface area contributed by atoms with Crippen LogP contribution in [0.1, 0.15) is 74.7 Å². The monoisotopic (exact) mass is 483 g/mol. The number of carbonyl (C=O) groups is 2. The van der Waals surface area contributed by atoms with Crippen LogP contribution in [0.25, 0.3) is 0 Å². The number of likely N-dealkylation sites (N-methyl/N-ethyl adjacent to an activating group) is 1. The second-order valence-electron chi connectivity index (χ2n) is 10.5. The molecule has 2 saturated carbocycles. The van der Waals surface area contributed by atoms with Crippen molar-refractivity contribution in [1.82, 2.24) is 14.8 Å². The van der Waals surface area contributed by atoms with Gasteiger partial charge in [0.1, 0.15) is 17.3 Å². The molecule has 0 spiro atoms. The summed E-state index contributed by atoms with van der Waals surface area (Å²) >= 11 is 0. The fraction of sp³-hybridized carbons (Fsp3) is 0.667. The minimum atomic E-state index is -0.986. The van der Waals surface area contributed by atoms with Crippen molar-refractivity contribution in [2.75, 3.05) is 26.7 Å². The summed E-state index contributed by atoms with van der Waals surface area (Å²) in [6.45, 7) is 4.40. The van der Waals surface area contributed by atoms with Crippen molar-refractivity contribution in [1.29, 1.82) is 0 Å². The second kappa shape index (κ2) is 10.5. The van der Waals surface area contributed by atoms with Gasteiger partial charge in [0.2, 0.25) is 11.8 Å². The molecule has 2 amide bonds. The molecule has 2 heterocycles. The summed E-state index contributed by atoms with van der Waals surface area (Å²) in [5.74, 6) is 6.02. The lowest BCUT2D eigenvalue weighted by Gasteiger charge is -2.38. The zero-order valence-electron chi connectivity index (χ0n) is 21.0. The van der Waals surface area contributed by atoms with Gasteiger partial charge in [-0.1, -0.05) is 25.2 Å². The van der Waals surface area contributed by atoms with E-state index in [0.29, 0.717) is 31.5 Å². The number of aromatic nitrogens is 1. The van der Waals surface area contributed by atoms with Crippen molar-refractivity contribution in [3.8, 4) is 17.7 Å².